The van der Waals surface area contributed by atoms with Gasteiger partial charge in [0.1, 0.15) is 22.6 Å². The number of likely N-dealkylation sites (N-methyl/N-ethyl adjacent to an activating group) is 1. The molecule has 6 rings (SSSR count). The summed E-state index contributed by atoms with van der Waals surface area (Å²) in [6.45, 7) is 4.51. The van der Waals surface area contributed by atoms with E-state index in [9.17, 15) is 24.6 Å². The Morgan fingerprint density at radius 2 is 1.66 bits per heavy atom. The van der Waals surface area contributed by atoms with E-state index < -0.39 is 34.7 Å². The van der Waals surface area contributed by atoms with Gasteiger partial charge in [-0.1, -0.05) is 67.6 Å². The molecule has 1 saturated heterocycles. The summed E-state index contributed by atoms with van der Waals surface area (Å²) in [6.07, 6.45) is 3.45. The highest BCUT2D eigenvalue weighted by Crippen LogP contribution is 2.59. The van der Waals surface area contributed by atoms with E-state index in [1.165, 1.54) is 6.20 Å². The van der Waals surface area contributed by atoms with Crippen molar-refractivity contribution in [3.63, 3.8) is 0 Å². The highest BCUT2D eigenvalue weighted by Gasteiger charge is 2.69. The number of aromatic nitrogens is 2. The number of fused-ring (bicyclic) bond motifs is 1. The van der Waals surface area contributed by atoms with Crippen LogP contribution < -0.4 is 4.74 Å². The average Bonchev–Trinajstić information content (AvgIpc) is 3.56. The van der Waals surface area contributed by atoms with Crippen LogP contribution in [-0.2, 0) is 26.3 Å². The Balaban J connectivity index is 1.50. The third kappa shape index (κ3) is 5.42. The monoisotopic (exact) mass is 636 g/mol. The third-order valence-corrected chi connectivity index (χ3v) is 10.4. The van der Waals surface area contributed by atoms with E-state index in [0.717, 1.165) is 16.5 Å². The Morgan fingerprint density at radius 3 is 2.36 bits per heavy atom. The number of hydrogen-bond donors (Lipinski definition) is 2. The van der Waals surface area contributed by atoms with Crippen LogP contribution in [0.2, 0.25) is 0 Å². The van der Waals surface area contributed by atoms with Gasteiger partial charge in [0.05, 0.1) is 18.6 Å². The van der Waals surface area contributed by atoms with Crippen molar-refractivity contribution in [2.24, 2.45) is 5.92 Å². The Bertz CT molecular complexity index is 1800. The SMILES string of the molecule is CC1C(C(=O)O)(c2cncn2CCCOc2ccccc2)CC(=C=O)C(c2cccc3ccccc23)C1(C(=O)O)N1CCN(C)CC1. The predicted molar refractivity (Wildman–Crippen MR) is 177 cm³/mol. The summed E-state index contributed by atoms with van der Waals surface area (Å²) in [7, 11) is 1.98. The van der Waals surface area contributed by atoms with Crippen LogP contribution in [0.5, 0.6) is 5.75 Å². The molecule has 0 bridgehead atoms. The molecule has 244 valence electrons. The summed E-state index contributed by atoms with van der Waals surface area (Å²) >= 11 is 0. The van der Waals surface area contributed by atoms with Crippen LogP contribution in [0, 0.1) is 5.92 Å². The second kappa shape index (κ2) is 13.2. The molecule has 47 heavy (non-hydrogen) atoms. The second-order valence-corrected chi connectivity index (χ2v) is 12.7. The largest absolute Gasteiger partial charge is 0.494 e. The number of aliphatic carboxylic acids is 2. The van der Waals surface area contributed by atoms with Crippen molar-refractivity contribution >= 4 is 28.7 Å². The second-order valence-electron chi connectivity index (χ2n) is 12.7. The number of hydrogen-bond acceptors (Lipinski definition) is 7. The first-order chi connectivity index (χ1) is 22.7. The number of carboxylic acid groups (broad SMARTS) is 2. The topological polar surface area (TPSA) is 125 Å². The van der Waals surface area contributed by atoms with Gasteiger partial charge in [-0.2, -0.15) is 0 Å². The Kier molecular flexibility index (Phi) is 9.01. The fourth-order valence-corrected chi connectivity index (χ4v) is 8.04. The lowest BCUT2D eigenvalue weighted by atomic mass is 9.50. The summed E-state index contributed by atoms with van der Waals surface area (Å²) in [5, 5.41) is 24.5. The smallest absolute Gasteiger partial charge is 0.325 e. The number of carboxylic acids is 2. The summed E-state index contributed by atoms with van der Waals surface area (Å²) in [4.78, 5) is 49.4. The Labute approximate surface area is 273 Å². The normalized spacial score (nSPS) is 25.4. The van der Waals surface area contributed by atoms with E-state index in [2.05, 4.69) is 15.8 Å². The number of para-hydroxylation sites is 1. The molecular formula is C37H40N4O6. The van der Waals surface area contributed by atoms with Gasteiger partial charge in [0.25, 0.3) is 0 Å². The number of rotatable bonds is 10. The molecule has 0 spiro atoms. The number of imidazole rings is 1. The molecule has 10 heteroatoms. The minimum absolute atomic E-state index is 0.128. The van der Waals surface area contributed by atoms with Gasteiger partial charge in [-0.3, -0.25) is 14.5 Å². The number of carbonyl (C=O) groups is 2. The minimum Gasteiger partial charge on any atom is -0.494 e. The van der Waals surface area contributed by atoms with Crippen LogP contribution in [-0.4, -0.2) is 92.8 Å². The molecule has 4 atom stereocenters. The van der Waals surface area contributed by atoms with Crippen LogP contribution in [0.15, 0.2) is 90.9 Å². The van der Waals surface area contributed by atoms with Gasteiger partial charge in [-0.05, 0) is 41.9 Å². The molecule has 1 saturated carbocycles. The molecule has 3 aromatic carbocycles. The molecule has 1 aliphatic carbocycles. The fourth-order valence-electron chi connectivity index (χ4n) is 8.04. The first-order valence-electron chi connectivity index (χ1n) is 16.1. The number of piperazine rings is 1. The van der Waals surface area contributed by atoms with Crippen LogP contribution in [0.25, 0.3) is 10.8 Å². The zero-order chi connectivity index (χ0) is 33.2. The zero-order valence-electron chi connectivity index (χ0n) is 26.7. The minimum atomic E-state index is -1.79. The zero-order valence-corrected chi connectivity index (χ0v) is 26.7. The van der Waals surface area contributed by atoms with Crippen molar-refractivity contribution < 1.29 is 29.3 Å². The van der Waals surface area contributed by atoms with E-state index in [-0.39, 0.29) is 12.0 Å². The predicted octanol–water partition coefficient (Wildman–Crippen LogP) is 4.48. The van der Waals surface area contributed by atoms with Gasteiger partial charge in [0, 0.05) is 62.8 Å². The Morgan fingerprint density at radius 1 is 0.957 bits per heavy atom. The number of benzene rings is 3. The third-order valence-electron chi connectivity index (χ3n) is 10.4. The van der Waals surface area contributed by atoms with Crippen molar-refractivity contribution in [1.82, 2.24) is 19.4 Å². The van der Waals surface area contributed by atoms with Gasteiger partial charge in [0.2, 0.25) is 0 Å². The maximum Gasteiger partial charge on any atom is 0.325 e. The molecular weight excluding hydrogens is 596 g/mol. The first kappa shape index (κ1) is 32.2. The van der Waals surface area contributed by atoms with Gasteiger partial charge in [-0.25, -0.2) is 9.78 Å². The number of nitrogens with zero attached hydrogens (tertiary/aromatic N) is 4. The molecule has 2 N–H and O–H groups in total. The molecule has 10 nitrogen and oxygen atoms in total. The molecule has 2 heterocycles. The van der Waals surface area contributed by atoms with Crippen molar-refractivity contribution in [3.8, 4) is 5.75 Å². The van der Waals surface area contributed by atoms with Gasteiger partial charge >= 0.3 is 11.9 Å². The van der Waals surface area contributed by atoms with Gasteiger partial charge < -0.3 is 24.4 Å². The van der Waals surface area contributed by atoms with Crippen molar-refractivity contribution in [2.45, 2.75) is 43.2 Å². The summed E-state index contributed by atoms with van der Waals surface area (Å²) < 4.78 is 7.65. The van der Waals surface area contributed by atoms with Gasteiger partial charge in [-0.15, -0.1) is 0 Å². The number of ether oxygens (including phenoxy) is 1. The highest BCUT2D eigenvalue weighted by atomic mass is 16.5. The van der Waals surface area contributed by atoms with Crippen LogP contribution >= 0.6 is 0 Å². The first-order valence-corrected chi connectivity index (χ1v) is 16.1. The summed E-state index contributed by atoms with van der Waals surface area (Å²) in [5.74, 6) is -1.45. The van der Waals surface area contributed by atoms with Crippen LogP contribution in [0.3, 0.4) is 0 Å². The quantitative estimate of drug-likeness (QED) is 0.192. The highest BCUT2D eigenvalue weighted by molar-refractivity contribution is 5.94. The maximum atomic E-state index is 14.1. The lowest BCUT2D eigenvalue weighted by Gasteiger charge is -2.58. The molecule has 0 radical (unpaired) electrons. The molecule has 2 aliphatic rings. The molecule has 2 fully saturated rings. The van der Waals surface area contributed by atoms with Crippen molar-refractivity contribution in [2.75, 3.05) is 39.8 Å². The number of aryl methyl sites for hydroxylation is 1. The van der Waals surface area contributed by atoms with E-state index in [4.69, 9.17) is 4.74 Å². The van der Waals surface area contributed by atoms with Crippen LogP contribution in [0.1, 0.15) is 36.9 Å². The molecule has 1 aromatic heterocycles. The standard InChI is InChI=1S/C37H40N4O6/c1-26-36(34(43)44,32-23-38-25-40(32)16-9-21-47-29-12-4-3-5-13-29)22-28(24-42)33(31-15-8-11-27-10-6-7-14-30(27)31)37(26,35(45)46)41-19-17-39(2)18-20-41/h3-8,10-15,23,25-26,33H,9,16-22H2,1-2H3,(H,43,44)(H,45,46). The number of carbonyl (C=O) groups excluding carboxylic acids is 1. The average molecular weight is 637 g/mol. The molecule has 4 aromatic rings. The van der Waals surface area contributed by atoms with Crippen molar-refractivity contribution in [3.05, 3.63) is 102 Å². The lowest BCUT2D eigenvalue weighted by molar-refractivity contribution is -0.170. The summed E-state index contributed by atoms with van der Waals surface area (Å²) in [5.41, 5.74) is -2.41. The molecule has 1 aliphatic heterocycles. The van der Waals surface area contributed by atoms with E-state index in [1.54, 1.807) is 17.8 Å². The van der Waals surface area contributed by atoms with Crippen molar-refractivity contribution in [1.29, 1.82) is 0 Å². The molecule has 4 unspecified atom stereocenters. The van der Waals surface area contributed by atoms with Crippen LogP contribution in [0.4, 0.5) is 0 Å². The molecule has 0 amide bonds. The van der Waals surface area contributed by atoms with E-state index in [1.807, 2.05) is 84.7 Å². The van der Waals surface area contributed by atoms with E-state index in [0.29, 0.717) is 57.0 Å². The van der Waals surface area contributed by atoms with E-state index >= 15 is 0 Å². The maximum absolute atomic E-state index is 14.1. The Hall–Kier alpha value is -4.76. The fraction of sp³-hybridized carbons (Fsp3) is 0.378. The lowest BCUT2D eigenvalue weighted by Crippen LogP contribution is -2.72. The summed E-state index contributed by atoms with van der Waals surface area (Å²) in [6, 6.07) is 22.8. The van der Waals surface area contributed by atoms with Gasteiger partial charge in [0.15, 0.2) is 0 Å².